The Bertz CT molecular complexity index is 668. The molecule has 25 heavy (non-hydrogen) atoms. The highest BCUT2D eigenvalue weighted by atomic mass is 32.1. The quantitative estimate of drug-likeness (QED) is 0.793. The van der Waals surface area contributed by atoms with Crippen LogP contribution < -0.4 is 5.32 Å². The lowest BCUT2D eigenvalue weighted by Gasteiger charge is -2.29. The molecule has 0 aromatic carbocycles. The molecule has 8 nitrogen and oxygen atoms in total. The Morgan fingerprint density at radius 2 is 2.16 bits per heavy atom. The molecule has 1 aliphatic rings. The fourth-order valence-electron chi connectivity index (χ4n) is 2.53. The second kappa shape index (κ2) is 8.75. The van der Waals surface area contributed by atoms with Crippen molar-refractivity contribution in [3.8, 4) is 0 Å². The average Bonchev–Trinajstić information content (AvgIpc) is 3.32. The van der Waals surface area contributed by atoms with Gasteiger partial charge in [-0.05, 0) is 11.4 Å². The van der Waals surface area contributed by atoms with E-state index in [1.54, 1.807) is 17.0 Å². The summed E-state index contributed by atoms with van der Waals surface area (Å²) >= 11 is 1.37. The third kappa shape index (κ3) is 5.12. The predicted octanol–water partition coefficient (Wildman–Crippen LogP) is 1.15. The second-order valence-corrected chi connectivity index (χ2v) is 6.54. The van der Waals surface area contributed by atoms with Crippen molar-refractivity contribution >= 4 is 29.0 Å². The Hall–Kier alpha value is -2.23. The van der Waals surface area contributed by atoms with E-state index in [2.05, 4.69) is 15.4 Å². The monoisotopic (exact) mass is 364 g/mol. The van der Waals surface area contributed by atoms with Gasteiger partial charge in [-0.1, -0.05) is 11.2 Å². The molecule has 9 heteroatoms. The van der Waals surface area contributed by atoms with Crippen LogP contribution in [0.1, 0.15) is 9.67 Å². The number of carbonyl (C=O) groups excluding carboxylic acids is 2. The van der Waals surface area contributed by atoms with E-state index in [0.717, 1.165) is 13.1 Å². The number of hydrogen-bond acceptors (Lipinski definition) is 7. The SMILES string of the molecule is O=C(CN(CCN1CCOCC1)C(=O)c1cccs1)Nc1ccon1. The van der Waals surface area contributed by atoms with Crippen molar-refractivity contribution < 1.29 is 18.8 Å². The first kappa shape index (κ1) is 17.6. The molecule has 0 saturated carbocycles. The maximum Gasteiger partial charge on any atom is 0.264 e. The van der Waals surface area contributed by atoms with E-state index in [9.17, 15) is 9.59 Å². The fourth-order valence-corrected chi connectivity index (χ4v) is 3.22. The normalized spacial score (nSPS) is 15.0. The summed E-state index contributed by atoms with van der Waals surface area (Å²) in [4.78, 5) is 29.3. The molecular weight excluding hydrogens is 344 g/mol. The van der Waals surface area contributed by atoms with Gasteiger partial charge in [-0.3, -0.25) is 14.5 Å². The topological polar surface area (TPSA) is 87.9 Å². The highest BCUT2D eigenvalue weighted by molar-refractivity contribution is 7.12. The van der Waals surface area contributed by atoms with Crippen LogP contribution in [-0.4, -0.2) is 72.7 Å². The average molecular weight is 364 g/mol. The molecule has 0 spiro atoms. The summed E-state index contributed by atoms with van der Waals surface area (Å²) in [6.07, 6.45) is 1.38. The number of nitrogens with zero attached hydrogens (tertiary/aromatic N) is 3. The van der Waals surface area contributed by atoms with Gasteiger partial charge >= 0.3 is 0 Å². The van der Waals surface area contributed by atoms with Crippen molar-refractivity contribution in [2.24, 2.45) is 0 Å². The van der Waals surface area contributed by atoms with E-state index in [0.29, 0.717) is 37.0 Å². The van der Waals surface area contributed by atoms with Crippen LogP contribution in [-0.2, 0) is 9.53 Å². The lowest BCUT2D eigenvalue weighted by Crippen LogP contribution is -2.45. The Kier molecular flexibility index (Phi) is 6.15. The maximum absolute atomic E-state index is 12.7. The van der Waals surface area contributed by atoms with Crippen molar-refractivity contribution in [1.82, 2.24) is 15.0 Å². The number of amides is 2. The van der Waals surface area contributed by atoms with E-state index in [4.69, 9.17) is 9.26 Å². The van der Waals surface area contributed by atoms with Gasteiger partial charge in [-0.2, -0.15) is 0 Å². The Morgan fingerprint density at radius 3 is 2.84 bits per heavy atom. The number of aromatic nitrogens is 1. The van der Waals surface area contributed by atoms with Gasteiger partial charge in [0.25, 0.3) is 5.91 Å². The summed E-state index contributed by atoms with van der Waals surface area (Å²) in [5, 5.41) is 8.12. The lowest BCUT2D eigenvalue weighted by molar-refractivity contribution is -0.117. The van der Waals surface area contributed by atoms with Crippen LogP contribution in [0.2, 0.25) is 0 Å². The number of carbonyl (C=O) groups is 2. The summed E-state index contributed by atoms with van der Waals surface area (Å²) < 4.78 is 10.0. The van der Waals surface area contributed by atoms with Crippen LogP contribution in [0.5, 0.6) is 0 Å². The van der Waals surface area contributed by atoms with Crippen LogP contribution in [0, 0.1) is 0 Å². The molecule has 134 valence electrons. The largest absolute Gasteiger partial charge is 0.379 e. The van der Waals surface area contributed by atoms with Crippen LogP contribution >= 0.6 is 11.3 Å². The summed E-state index contributed by atoms with van der Waals surface area (Å²) in [5.74, 6) is -0.110. The Labute approximate surface area is 149 Å². The number of hydrogen-bond donors (Lipinski definition) is 1. The third-order valence-corrected chi connectivity index (χ3v) is 4.71. The first-order chi connectivity index (χ1) is 12.2. The summed E-state index contributed by atoms with van der Waals surface area (Å²) in [5.41, 5.74) is 0. The van der Waals surface area contributed by atoms with Gasteiger partial charge < -0.3 is 19.5 Å². The molecule has 0 aliphatic carbocycles. The molecule has 0 radical (unpaired) electrons. The fraction of sp³-hybridized carbons (Fsp3) is 0.438. The van der Waals surface area contributed by atoms with Gasteiger partial charge in [-0.25, -0.2) is 0 Å². The standard InChI is InChI=1S/C16H20N4O4S/c21-15(17-14-3-8-24-18-14)12-20(16(22)13-2-1-11-25-13)5-4-19-6-9-23-10-7-19/h1-3,8,11H,4-7,9-10,12H2,(H,17,18,21). The molecule has 1 fully saturated rings. The van der Waals surface area contributed by atoms with E-state index in [-0.39, 0.29) is 18.4 Å². The molecule has 3 heterocycles. The smallest absolute Gasteiger partial charge is 0.264 e. The van der Waals surface area contributed by atoms with Crippen molar-refractivity contribution in [2.45, 2.75) is 0 Å². The van der Waals surface area contributed by atoms with E-state index >= 15 is 0 Å². The number of thiophene rings is 1. The van der Waals surface area contributed by atoms with Crippen molar-refractivity contribution in [1.29, 1.82) is 0 Å². The molecule has 0 atom stereocenters. The minimum atomic E-state index is -0.305. The van der Waals surface area contributed by atoms with Gasteiger partial charge in [0.05, 0.1) is 18.1 Å². The van der Waals surface area contributed by atoms with Gasteiger partial charge in [-0.15, -0.1) is 11.3 Å². The van der Waals surface area contributed by atoms with Crippen LogP contribution in [0.3, 0.4) is 0 Å². The van der Waals surface area contributed by atoms with Crippen molar-refractivity contribution in [2.75, 3.05) is 51.3 Å². The van der Waals surface area contributed by atoms with Crippen LogP contribution in [0.15, 0.2) is 34.4 Å². The maximum atomic E-state index is 12.7. The van der Waals surface area contributed by atoms with E-state index in [1.807, 2.05) is 11.4 Å². The summed E-state index contributed by atoms with van der Waals surface area (Å²) in [6.45, 7) is 4.23. The van der Waals surface area contributed by atoms with Gasteiger partial charge in [0.1, 0.15) is 12.8 Å². The highest BCUT2D eigenvalue weighted by Crippen LogP contribution is 2.13. The zero-order chi connectivity index (χ0) is 17.5. The minimum absolute atomic E-state index is 0.0338. The highest BCUT2D eigenvalue weighted by Gasteiger charge is 2.21. The van der Waals surface area contributed by atoms with Gasteiger partial charge in [0, 0.05) is 32.2 Å². The van der Waals surface area contributed by atoms with E-state index in [1.165, 1.54) is 17.6 Å². The number of anilines is 1. The van der Waals surface area contributed by atoms with Crippen molar-refractivity contribution in [3.63, 3.8) is 0 Å². The van der Waals surface area contributed by atoms with Gasteiger partial charge in [0.15, 0.2) is 5.82 Å². The zero-order valence-corrected chi connectivity index (χ0v) is 14.5. The molecule has 2 amide bonds. The second-order valence-electron chi connectivity index (χ2n) is 5.59. The molecule has 0 unspecified atom stereocenters. The molecular formula is C16H20N4O4S. The number of morpholine rings is 1. The molecule has 2 aromatic heterocycles. The molecule has 3 rings (SSSR count). The Morgan fingerprint density at radius 1 is 1.32 bits per heavy atom. The number of nitrogens with one attached hydrogen (secondary N) is 1. The molecule has 1 aliphatic heterocycles. The minimum Gasteiger partial charge on any atom is -0.379 e. The zero-order valence-electron chi connectivity index (χ0n) is 13.7. The van der Waals surface area contributed by atoms with Crippen molar-refractivity contribution in [3.05, 3.63) is 34.7 Å². The first-order valence-corrected chi connectivity index (χ1v) is 8.93. The first-order valence-electron chi connectivity index (χ1n) is 8.05. The summed E-state index contributed by atoms with van der Waals surface area (Å²) in [7, 11) is 0. The molecule has 1 N–H and O–H groups in total. The number of ether oxygens (including phenoxy) is 1. The van der Waals surface area contributed by atoms with Crippen LogP contribution in [0.4, 0.5) is 5.82 Å². The summed E-state index contributed by atoms with van der Waals surface area (Å²) in [6, 6.07) is 5.15. The lowest BCUT2D eigenvalue weighted by atomic mass is 10.3. The third-order valence-electron chi connectivity index (χ3n) is 3.85. The van der Waals surface area contributed by atoms with Crippen LogP contribution in [0.25, 0.3) is 0 Å². The van der Waals surface area contributed by atoms with E-state index < -0.39 is 0 Å². The molecule has 0 bridgehead atoms. The Balaban J connectivity index is 1.60. The number of rotatable bonds is 7. The van der Waals surface area contributed by atoms with Gasteiger partial charge in [0.2, 0.25) is 5.91 Å². The predicted molar refractivity (Wildman–Crippen MR) is 92.6 cm³/mol. The molecule has 1 saturated heterocycles. The molecule has 2 aromatic rings.